The van der Waals surface area contributed by atoms with Crippen molar-refractivity contribution in [3.63, 3.8) is 0 Å². The van der Waals surface area contributed by atoms with Crippen LogP contribution in [0.25, 0.3) is 10.2 Å². The zero-order valence-corrected chi connectivity index (χ0v) is 7.93. The highest BCUT2D eigenvalue weighted by molar-refractivity contribution is 7.74. The summed E-state index contributed by atoms with van der Waals surface area (Å²) in [5.41, 5.74) is 0.743. The number of aromatic nitrogens is 1. The molecule has 0 bridgehead atoms. The van der Waals surface area contributed by atoms with Crippen molar-refractivity contribution in [2.45, 2.75) is 0 Å². The minimum absolute atomic E-state index is 0.148. The normalized spacial score (nSPS) is 13.0. The molecule has 0 fully saturated rings. The molecule has 0 amide bonds. The second-order valence-corrected chi connectivity index (χ2v) is 3.80. The molecule has 0 radical (unpaired) electrons. The lowest BCUT2D eigenvalue weighted by Gasteiger charge is -2.00. The maximum atomic E-state index is 10.2. The molecule has 1 unspecified atom stereocenters. The SMILES string of the molecule is O=S([O-])Oc1nc2ccccc2s1. The van der Waals surface area contributed by atoms with Gasteiger partial charge < -0.3 is 8.74 Å². The van der Waals surface area contributed by atoms with Gasteiger partial charge in [0.15, 0.2) is 0 Å². The van der Waals surface area contributed by atoms with Gasteiger partial charge in [0.25, 0.3) is 5.19 Å². The summed E-state index contributed by atoms with van der Waals surface area (Å²) in [6.07, 6.45) is 0. The Kier molecular flexibility index (Phi) is 2.26. The molecular weight excluding hydrogens is 210 g/mol. The van der Waals surface area contributed by atoms with Crippen LogP contribution in [0.15, 0.2) is 24.3 Å². The average Bonchev–Trinajstić information content (AvgIpc) is 2.44. The van der Waals surface area contributed by atoms with Crippen LogP contribution in [0.5, 0.6) is 5.19 Å². The van der Waals surface area contributed by atoms with Crippen LogP contribution < -0.4 is 4.18 Å². The zero-order valence-electron chi connectivity index (χ0n) is 6.30. The molecule has 0 N–H and O–H groups in total. The van der Waals surface area contributed by atoms with Crippen molar-refractivity contribution < 1.29 is 12.9 Å². The Labute approximate surface area is 80.7 Å². The van der Waals surface area contributed by atoms with E-state index in [4.69, 9.17) is 0 Å². The Hall–Kier alpha value is -0.980. The standard InChI is InChI=1S/C7H5NO3S2/c9-13(10)11-7-8-5-3-1-2-4-6(5)12-7/h1-4H,(H,9,10)/p-1. The Balaban J connectivity index is 2.44. The van der Waals surface area contributed by atoms with E-state index in [1.54, 1.807) is 6.07 Å². The van der Waals surface area contributed by atoms with E-state index >= 15 is 0 Å². The summed E-state index contributed by atoms with van der Waals surface area (Å²) in [5.74, 6) is 0. The quantitative estimate of drug-likeness (QED) is 0.710. The van der Waals surface area contributed by atoms with Crippen LogP contribution in [0.4, 0.5) is 0 Å². The molecule has 4 nitrogen and oxygen atoms in total. The summed E-state index contributed by atoms with van der Waals surface area (Å²) >= 11 is -1.35. The van der Waals surface area contributed by atoms with Crippen LogP contribution in [0, 0.1) is 0 Å². The van der Waals surface area contributed by atoms with Crippen molar-refractivity contribution >= 4 is 32.9 Å². The van der Waals surface area contributed by atoms with Gasteiger partial charge in [-0.15, -0.1) is 0 Å². The van der Waals surface area contributed by atoms with E-state index in [2.05, 4.69) is 9.17 Å². The predicted molar refractivity (Wildman–Crippen MR) is 49.2 cm³/mol. The molecular formula is C7H4NO3S2-. The van der Waals surface area contributed by atoms with Crippen LogP contribution in [0.1, 0.15) is 0 Å². The molecule has 0 aliphatic carbocycles. The lowest BCUT2D eigenvalue weighted by Crippen LogP contribution is -1.96. The summed E-state index contributed by atoms with van der Waals surface area (Å²) in [7, 11) is 0. The third-order valence-corrected chi connectivity index (χ3v) is 2.73. The average molecular weight is 214 g/mol. The van der Waals surface area contributed by atoms with E-state index in [-0.39, 0.29) is 5.19 Å². The van der Waals surface area contributed by atoms with Crippen LogP contribution in [-0.4, -0.2) is 13.7 Å². The summed E-state index contributed by atoms with van der Waals surface area (Å²) < 4.78 is 25.7. The zero-order chi connectivity index (χ0) is 9.26. The highest BCUT2D eigenvalue weighted by Crippen LogP contribution is 2.27. The van der Waals surface area contributed by atoms with Gasteiger partial charge in [-0.2, -0.15) is 0 Å². The monoisotopic (exact) mass is 214 g/mol. The molecule has 1 aromatic carbocycles. The van der Waals surface area contributed by atoms with E-state index in [9.17, 15) is 8.76 Å². The number of hydrogen-bond acceptors (Lipinski definition) is 5. The van der Waals surface area contributed by atoms with E-state index in [1.807, 2.05) is 18.2 Å². The largest absolute Gasteiger partial charge is 0.740 e. The van der Waals surface area contributed by atoms with Gasteiger partial charge in [-0.3, -0.25) is 0 Å². The first kappa shape index (κ1) is 8.61. The lowest BCUT2D eigenvalue weighted by atomic mass is 10.3. The predicted octanol–water partition coefficient (Wildman–Crippen LogP) is 1.47. The van der Waals surface area contributed by atoms with Crippen molar-refractivity contribution in [2.75, 3.05) is 0 Å². The molecule has 0 saturated heterocycles. The van der Waals surface area contributed by atoms with Gasteiger partial charge in [0, 0.05) is 0 Å². The van der Waals surface area contributed by atoms with Gasteiger partial charge >= 0.3 is 0 Å². The van der Waals surface area contributed by atoms with Crippen molar-refractivity contribution in [3.8, 4) is 5.19 Å². The molecule has 0 saturated carbocycles. The van der Waals surface area contributed by atoms with Crippen LogP contribution in [0.2, 0.25) is 0 Å². The molecule has 1 heterocycles. The number of para-hydroxylation sites is 1. The summed E-state index contributed by atoms with van der Waals surface area (Å²) in [6, 6.07) is 7.35. The molecule has 0 aliphatic heterocycles. The smallest absolute Gasteiger partial charge is 0.288 e. The molecule has 1 aromatic heterocycles. The van der Waals surface area contributed by atoms with E-state index in [1.165, 1.54) is 11.3 Å². The van der Waals surface area contributed by atoms with Gasteiger partial charge in [-0.25, -0.2) is 9.19 Å². The van der Waals surface area contributed by atoms with E-state index in [0.717, 1.165) is 10.2 Å². The maximum Gasteiger partial charge on any atom is 0.288 e. The van der Waals surface area contributed by atoms with Crippen LogP contribution in [-0.2, 0) is 11.4 Å². The Bertz CT molecular complexity index is 421. The highest BCUT2D eigenvalue weighted by Gasteiger charge is 2.03. The Morgan fingerprint density at radius 2 is 2.23 bits per heavy atom. The van der Waals surface area contributed by atoms with Crippen molar-refractivity contribution in [1.29, 1.82) is 0 Å². The number of nitrogens with zero attached hydrogens (tertiary/aromatic N) is 1. The molecule has 68 valence electrons. The third-order valence-electron chi connectivity index (χ3n) is 1.41. The second kappa shape index (κ2) is 3.41. The molecule has 1 atom stereocenters. The van der Waals surface area contributed by atoms with Crippen LogP contribution in [0.3, 0.4) is 0 Å². The highest BCUT2D eigenvalue weighted by atomic mass is 32.2. The molecule has 0 aliphatic rings. The minimum atomic E-state index is -2.55. The maximum absolute atomic E-state index is 10.2. The molecule has 2 aromatic rings. The van der Waals surface area contributed by atoms with E-state index < -0.39 is 11.4 Å². The Morgan fingerprint density at radius 1 is 1.46 bits per heavy atom. The number of benzene rings is 1. The number of fused-ring (bicyclic) bond motifs is 1. The fourth-order valence-corrected chi connectivity index (χ4v) is 2.10. The van der Waals surface area contributed by atoms with Gasteiger partial charge in [-0.05, 0) is 12.1 Å². The minimum Gasteiger partial charge on any atom is -0.740 e. The van der Waals surface area contributed by atoms with Crippen LogP contribution >= 0.6 is 11.3 Å². The third kappa shape index (κ3) is 1.85. The summed E-state index contributed by atoms with van der Waals surface area (Å²) in [4.78, 5) is 3.96. The number of hydrogen-bond donors (Lipinski definition) is 0. The summed E-state index contributed by atoms with van der Waals surface area (Å²) in [5, 5.41) is 0.148. The van der Waals surface area contributed by atoms with Gasteiger partial charge in [0.1, 0.15) is 11.4 Å². The van der Waals surface area contributed by atoms with Crippen molar-refractivity contribution in [2.24, 2.45) is 0 Å². The fraction of sp³-hybridized carbons (Fsp3) is 0. The summed E-state index contributed by atoms with van der Waals surface area (Å²) in [6.45, 7) is 0. The molecule has 0 spiro atoms. The van der Waals surface area contributed by atoms with Gasteiger partial charge in [-0.1, -0.05) is 23.5 Å². The first-order valence-corrected chi connectivity index (χ1v) is 5.20. The van der Waals surface area contributed by atoms with Crippen molar-refractivity contribution in [1.82, 2.24) is 4.98 Å². The lowest BCUT2D eigenvalue weighted by molar-refractivity contribution is 0.439. The first-order chi connectivity index (χ1) is 6.25. The van der Waals surface area contributed by atoms with Gasteiger partial charge in [0.05, 0.1) is 10.2 Å². The second-order valence-electron chi connectivity index (χ2n) is 2.23. The van der Waals surface area contributed by atoms with Crippen molar-refractivity contribution in [3.05, 3.63) is 24.3 Å². The Morgan fingerprint density at radius 3 is 2.92 bits per heavy atom. The molecule has 6 heteroatoms. The fourth-order valence-electron chi connectivity index (χ4n) is 0.945. The van der Waals surface area contributed by atoms with E-state index in [0.29, 0.717) is 0 Å². The van der Waals surface area contributed by atoms with Gasteiger partial charge in [0.2, 0.25) is 0 Å². The first-order valence-electron chi connectivity index (χ1n) is 3.39. The number of rotatable bonds is 2. The molecule has 13 heavy (non-hydrogen) atoms. The number of thiazole rings is 1. The topological polar surface area (TPSA) is 62.2 Å². The molecule has 2 rings (SSSR count).